The van der Waals surface area contributed by atoms with Gasteiger partial charge in [0.1, 0.15) is 17.7 Å². The fourth-order valence-corrected chi connectivity index (χ4v) is 2.39. The first-order chi connectivity index (χ1) is 9.40. The van der Waals surface area contributed by atoms with Crippen LogP contribution < -0.4 is 5.32 Å². The molecule has 1 aliphatic heterocycles. The van der Waals surface area contributed by atoms with Crippen LogP contribution in [-0.4, -0.2) is 41.0 Å². The molecule has 20 heavy (non-hydrogen) atoms. The molecule has 1 aromatic carbocycles. The second-order valence-electron chi connectivity index (χ2n) is 4.38. The Balaban J connectivity index is 2.29. The third kappa shape index (κ3) is 2.96. The molecule has 0 radical (unpaired) electrons. The average molecular weight is 349 g/mol. The molecule has 108 valence electrons. The fraction of sp³-hybridized carbons (Fsp3) is 0.333. The molecular weight excluding hydrogens is 338 g/mol. The number of rotatable bonds is 3. The lowest BCUT2D eigenvalue weighted by Crippen LogP contribution is -2.57. The highest BCUT2D eigenvalue weighted by Crippen LogP contribution is 2.24. The summed E-state index contributed by atoms with van der Waals surface area (Å²) in [5, 5.41) is 11.5. The summed E-state index contributed by atoms with van der Waals surface area (Å²) in [4.78, 5) is 23.7. The zero-order valence-corrected chi connectivity index (χ0v) is 11.8. The quantitative estimate of drug-likeness (QED) is 0.803. The van der Waals surface area contributed by atoms with Crippen LogP contribution in [0.15, 0.2) is 16.6 Å². The number of carboxylic acids is 1. The maximum absolute atomic E-state index is 13.9. The van der Waals surface area contributed by atoms with Gasteiger partial charge in [-0.3, -0.25) is 14.5 Å². The van der Waals surface area contributed by atoms with Crippen molar-refractivity contribution in [3.05, 3.63) is 33.8 Å². The first kappa shape index (κ1) is 14.9. The molecule has 0 bridgehead atoms. The van der Waals surface area contributed by atoms with Crippen molar-refractivity contribution in [2.24, 2.45) is 0 Å². The van der Waals surface area contributed by atoms with Gasteiger partial charge in [0.15, 0.2) is 0 Å². The number of piperazine rings is 1. The van der Waals surface area contributed by atoms with E-state index in [0.717, 1.165) is 6.07 Å². The second kappa shape index (κ2) is 5.84. The van der Waals surface area contributed by atoms with Crippen molar-refractivity contribution < 1.29 is 23.5 Å². The summed E-state index contributed by atoms with van der Waals surface area (Å²) in [6.45, 7) is -0.602. The highest BCUT2D eigenvalue weighted by molar-refractivity contribution is 9.10. The Hall–Kier alpha value is -1.54. The molecule has 0 aromatic heterocycles. The summed E-state index contributed by atoms with van der Waals surface area (Å²) in [6, 6.07) is 1.30. The third-order valence-corrected chi connectivity index (χ3v) is 3.68. The number of aliphatic carboxylic acids is 1. The van der Waals surface area contributed by atoms with Crippen LogP contribution in [0.25, 0.3) is 0 Å². The molecule has 8 heteroatoms. The first-order valence-electron chi connectivity index (χ1n) is 5.76. The SMILES string of the molecule is O=C1CN(Cc2c(F)ccc(Br)c2F)C(C(=O)O)CN1. The minimum Gasteiger partial charge on any atom is -0.480 e. The second-order valence-corrected chi connectivity index (χ2v) is 5.24. The Morgan fingerprint density at radius 3 is 2.85 bits per heavy atom. The van der Waals surface area contributed by atoms with Gasteiger partial charge in [-0.1, -0.05) is 0 Å². The molecule has 0 saturated carbocycles. The van der Waals surface area contributed by atoms with E-state index in [4.69, 9.17) is 5.11 Å². The summed E-state index contributed by atoms with van der Waals surface area (Å²) < 4.78 is 27.6. The van der Waals surface area contributed by atoms with Crippen LogP contribution in [0.1, 0.15) is 5.56 Å². The molecule has 0 aliphatic carbocycles. The van der Waals surface area contributed by atoms with Gasteiger partial charge in [-0.15, -0.1) is 0 Å². The minimum absolute atomic E-state index is 0.0854. The molecule has 1 heterocycles. The zero-order chi connectivity index (χ0) is 14.9. The number of benzene rings is 1. The molecule has 2 rings (SSSR count). The van der Waals surface area contributed by atoms with Crippen molar-refractivity contribution in [3.8, 4) is 0 Å². The van der Waals surface area contributed by atoms with Crippen LogP contribution in [0.3, 0.4) is 0 Å². The molecule has 2 N–H and O–H groups in total. The number of nitrogens with one attached hydrogen (secondary N) is 1. The normalized spacial score (nSPS) is 19.8. The monoisotopic (exact) mass is 348 g/mol. The molecule has 1 saturated heterocycles. The maximum atomic E-state index is 13.9. The number of hydrogen-bond donors (Lipinski definition) is 2. The van der Waals surface area contributed by atoms with Crippen molar-refractivity contribution in [3.63, 3.8) is 0 Å². The molecule has 1 fully saturated rings. The van der Waals surface area contributed by atoms with E-state index in [1.54, 1.807) is 0 Å². The lowest BCUT2D eigenvalue weighted by atomic mass is 10.1. The van der Waals surface area contributed by atoms with E-state index in [1.165, 1.54) is 11.0 Å². The number of carbonyl (C=O) groups is 2. The van der Waals surface area contributed by atoms with Gasteiger partial charge in [-0.25, -0.2) is 8.78 Å². The zero-order valence-electron chi connectivity index (χ0n) is 10.2. The van der Waals surface area contributed by atoms with Gasteiger partial charge >= 0.3 is 5.97 Å². The maximum Gasteiger partial charge on any atom is 0.322 e. The van der Waals surface area contributed by atoms with Crippen molar-refractivity contribution in [2.75, 3.05) is 13.1 Å². The number of hydrogen-bond acceptors (Lipinski definition) is 3. The van der Waals surface area contributed by atoms with E-state index < -0.39 is 23.6 Å². The summed E-state index contributed by atoms with van der Waals surface area (Å²) in [5.74, 6) is -3.10. The number of halogens is 3. The molecule has 1 amide bonds. The molecule has 1 aromatic rings. The standard InChI is InChI=1S/C12H11BrF2N2O3/c13-7-1-2-8(14)6(11(7)15)4-17-5-10(18)16-3-9(17)12(19)20/h1-2,9H,3-5H2,(H,16,18)(H,19,20). The highest BCUT2D eigenvalue weighted by Gasteiger charge is 2.33. The topological polar surface area (TPSA) is 69.6 Å². The molecule has 1 atom stereocenters. The van der Waals surface area contributed by atoms with Crippen molar-refractivity contribution in [1.29, 1.82) is 0 Å². The number of amides is 1. The Morgan fingerprint density at radius 2 is 2.20 bits per heavy atom. The largest absolute Gasteiger partial charge is 0.480 e. The van der Waals surface area contributed by atoms with Crippen LogP contribution in [0.4, 0.5) is 8.78 Å². The smallest absolute Gasteiger partial charge is 0.322 e. The summed E-state index contributed by atoms with van der Waals surface area (Å²) in [5.41, 5.74) is -0.264. The minimum atomic E-state index is -1.15. The highest BCUT2D eigenvalue weighted by atomic mass is 79.9. The predicted octanol–water partition coefficient (Wildman–Crippen LogP) is 1.11. The number of carboxylic acid groups (broad SMARTS) is 1. The lowest BCUT2D eigenvalue weighted by molar-refractivity contribution is -0.146. The molecule has 0 spiro atoms. The van der Waals surface area contributed by atoms with Gasteiger partial charge in [0.25, 0.3) is 0 Å². The van der Waals surface area contributed by atoms with E-state index in [-0.39, 0.29) is 35.6 Å². The Morgan fingerprint density at radius 1 is 1.50 bits per heavy atom. The van der Waals surface area contributed by atoms with E-state index in [2.05, 4.69) is 21.2 Å². The molecular formula is C12H11BrF2N2O3. The predicted molar refractivity (Wildman–Crippen MR) is 68.9 cm³/mol. The lowest BCUT2D eigenvalue weighted by Gasteiger charge is -2.32. The third-order valence-electron chi connectivity index (χ3n) is 3.07. The summed E-state index contributed by atoms with van der Waals surface area (Å²) >= 11 is 2.95. The molecule has 1 unspecified atom stereocenters. The Labute approximate surface area is 121 Å². The molecule has 5 nitrogen and oxygen atoms in total. The first-order valence-corrected chi connectivity index (χ1v) is 6.55. The average Bonchev–Trinajstić information content (AvgIpc) is 2.39. The van der Waals surface area contributed by atoms with Gasteiger partial charge in [0, 0.05) is 18.7 Å². The van der Waals surface area contributed by atoms with Crippen LogP contribution in [0.5, 0.6) is 0 Å². The van der Waals surface area contributed by atoms with Crippen molar-refractivity contribution in [2.45, 2.75) is 12.6 Å². The van der Waals surface area contributed by atoms with Gasteiger partial charge in [-0.05, 0) is 28.1 Å². The number of carbonyl (C=O) groups excluding carboxylic acids is 1. The summed E-state index contributed by atoms with van der Waals surface area (Å²) in [7, 11) is 0. The Bertz CT molecular complexity index is 568. The van der Waals surface area contributed by atoms with E-state index in [1.807, 2.05) is 0 Å². The van der Waals surface area contributed by atoms with E-state index >= 15 is 0 Å². The fourth-order valence-electron chi connectivity index (χ4n) is 2.02. The van der Waals surface area contributed by atoms with Gasteiger partial charge in [0.05, 0.1) is 11.0 Å². The van der Waals surface area contributed by atoms with Crippen LogP contribution in [-0.2, 0) is 16.1 Å². The Kier molecular flexibility index (Phi) is 4.34. The van der Waals surface area contributed by atoms with Gasteiger partial charge in [-0.2, -0.15) is 0 Å². The van der Waals surface area contributed by atoms with Gasteiger partial charge in [0.2, 0.25) is 5.91 Å². The van der Waals surface area contributed by atoms with Crippen LogP contribution in [0.2, 0.25) is 0 Å². The van der Waals surface area contributed by atoms with Crippen molar-refractivity contribution >= 4 is 27.8 Å². The van der Waals surface area contributed by atoms with Gasteiger partial charge < -0.3 is 10.4 Å². The molecule has 1 aliphatic rings. The van der Waals surface area contributed by atoms with Crippen molar-refractivity contribution in [1.82, 2.24) is 10.2 Å². The van der Waals surface area contributed by atoms with E-state index in [9.17, 15) is 18.4 Å². The summed E-state index contributed by atoms with van der Waals surface area (Å²) in [6.07, 6.45) is 0. The van der Waals surface area contributed by atoms with Crippen LogP contribution in [0, 0.1) is 11.6 Å². The number of nitrogens with zero attached hydrogens (tertiary/aromatic N) is 1. The van der Waals surface area contributed by atoms with Crippen LogP contribution >= 0.6 is 15.9 Å². The van der Waals surface area contributed by atoms with E-state index in [0.29, 0.717) is 0 Å².